The lowest BCUT2D eigenvalue weighted by molar-refractivity contribution is 0.386. The van der Waals surface area contributed by atoms with Crippen LogP contribution in [0.1, 0.15) is 24.9 Å². The molecule has 0 saturated heterocycles. The molecular weight excluding hydrogens is 214 g/mol. The minimum Gasteiger partial charge on any atom is -0.497 e. The first-order valence-electron chi connectivity index (χ1n) is 5.55. The van der Waals surface area contributed by atoms with Crippen LogP contribution >= 0.6 is 0 Å². The molecule has 0 aromatic heterocycles. The number of hydrogen-bond acceptors (Lipinski definition) is 3. The van der Waals surface area contributed by atoms with Gasteiger partial charge in [0.2, 0.25) is 0 Å². The molecular formula is C14H19NO2. The molecule has 1 aromatic rings. The Morgan fingerprint density at radius 3 is 2.59 bits per heavy atom. The Labute approximate surface area is 103 Å². The Hall–Kier alpha value is -1.66. The van der Waals surface area contributed by atoms with Crippen molar-refractivity contribution in [2.75, 3.05) is 21.3 Å². The van der Waals surface area contributed by atoms with Gasteiger partial charge < -0.3 is 14.8 Å². The van der Waals surface area contributed by atoms with Gasteiger partial charge in [-0.3, -0.25) is 0 Å². The molecule has 1 N–H and O–H groups in total. The molecule has 0 radical (unpaired) electrons. The van der Waals surface area contributed by atoms with Crippen molar-refractivity contribution in [3.8, 4) is 23.3 Å². The minimum atomic E-state index is 0.170. The van der Waals surface area contributed by atoms with Crippen molar-refractivity contribution < 1.29 is 9.47 Å². The largest absolute Gasteiger partial charge is 0.497 e. The van der Waals surface area contributed by atoms with Crippen LogP contribution < -0.4 is 14.8 Å². The number of methoxy groups -OCH3 is 2. The molecule has 92 valence electrons. The van der Waals surface area contributed by atoms with E-state index in [4.69, 9.17) is 9.47 Å². The molecule has 17 heavy (non-hydrogen) atoms. The maximum absolute atomic E-state index is 5.38. The van der Waals surface area contributed by atoms with E-state index < -0.39 is 0 Å². The first kappa shape index (κ1) is 13.4. The summed E-state index contributed by atoms with van der Waals surface area (Å²) in [4.78, 5) is 0. The van der Waals surface area contributed by atoms with E-state index in [0.29, 0.717) is 0 Å². The predicted octanol–water partition coefficient (Wildman–Crippen LogP) is 2.38. The van der Waals surface area contributed by atoms with Crippen LogP contribution in [0.5, 0.6) is 11.5 Å². The van der Waals surface area contributed by atoms with Gasteiger partial charge in [0.1, 0.15) is 11.5 Å². The molecule has 0 aliphatic heterocycles. The summed E-state index contributed by atoms with van der Waals surface area (Å²) in [5, 5.41) is 3.24. The molecule has 1 rings (SSSR count). The summed E-state index contributed by atoms with van der Waals surface area (Å²) in [7, 11) is 5.23. The standard InChI is InChI=1S/C14H19NO2/c1-5-6-7-13(15-2)12-9-8-11(16-3)10-14(12)17-4/h8-10,13,15H,7H2,1-4H3. The molecule has 0 aliphatic rings. The van der Waals surface area contributed by atoms with Gasteiger partial charge in [0.05, 0.1) is 14.2 Å². The highest BCUT2D eigenvalue weighted by Gasteiger charge is 2.14. The fraction of sp³-hybridized carbons (Fsp3) is 0.429. The maximum Gasteiger partial charge on any atom is 0.127 e. The summed E-state index contributed by atoms with van der Waals surface area (Å²) < 4.78 is 10.6. The van der Waals surface area contributed by atoms with E-state index in [1.54, 1.807) is 14.2 Å². The number of ether oxygens (including phenoxy) is 2. The van der Waals surface area contributed by atoms with Crippen molar-refractivity contribution in [1.29, 1.82) is 0 Å². The van der Waals surface area contributed by atoms with Gasteiger partial charge in [-0.1, -0.05) is 6.07 Å². The molecule has 0 saturated carbocycles. The summed E-state index contributed by atoms with van der Waals surface area (Å²) in [6, 6.07) is 6.00. The molecule has 3 nitrogen and oxygen atoms in total. The predicted molar refractivity (Wildman–Crippen MR) is 69.4 cm³/mol. The van der Waals surface area contributed by atoms with E-state index >= 15 is 0 Å². The number of hydrogen-bond donors (Lipinski definition) is 1. The lowest BCUT2D eigenvalue weighted by Gasteiger charge is -2.17. The summed E-state index contributed by atoms with van der Waals surface area (Å²) in [6.07, 6.45) is 0.760. The van der Waals surface area contributed by atoms with Crippen molar-refractivity contribution in [3.05, 3.63) is 23.8 Å². The smallest absolute Gasteiger partial charge is 0.127 e. The third-order valence-corrected chi connectivity index (χ3v) is 2.65. The SMILES string of the molecule is CC#CCC(NC)c1ccc(OC)cc1OC. The summed E-state index contributed by atoms with van der Waals surface area (Å²) in [5.74, 6) is 7.60. The normalized spacial score (nSPS) is 11.3. The monoisotopic (exact) mass is 233 g/mol. The van der Waals surface area contributed by atoms with Crippen LogP contribution in [0, 0.1) is 11.8 Å². The Balaban J connectivity index is 3.03. The van der Waals surface area contributed by atoms with E-state index in [1.807, 2.05) is 32.2 Å². The first-order valence-corrected chi connectivity index (χ1v) is 5.55. The van der Waals surface area contributed by atoms with Gasteiger partial charge in [0, 0.05) is 24.1 Å². The van der Waals surface area contributed by atoms with Crippen LogP contribution in [0.15, 0.2) is 18.2 Å². The second kappa shape index (κ2) is 6.82. The zero-order chi connectivity index (χ0) is 12.7. The molecule has 0 heterocycles. The number of rotatable bonds is 5. The molecule has 0 bridgehead atoms. The number of benzene rings is 1. The summed E-state index contributed by atoms with van der Waals surface area (Å²) >= 11 is 0. The fourth-order valence-electron chi connectivity index (χ4n) is 1.68. The minimum absolute atomic E-state index is 0.170. The van der Waals surface area contributed by atoms with Crippen LogP contribution in [0.25, 0.3) is 0 Å². The molecule has 1 aromatic carbocycles. The Bertz CT molecular complexity index is 418. The quantitative estimate of drug-likeness (QED) is 0.792. The van der Waals surface area contributed by atoms with Crippen molar-refractivity contribution >= 4 is 0 Å². The lowest BCUT2D eigenvalue weighted by Crippen LogP contribution is -2.16. The lowest BCUT2D eigenvalue weighted by atomic mass is 10.0. The third kappa shape index (κ3) is 3.40. The molecule has 0 fully saturated rings. The van der Waals surface area contributed by atoms with Crippen LogP contribution in [-0.2, 0) is 0 Å². The summed E-state index contributed by atoms with van der Waals surface area (Å²) in [5.41, 5.74) is 1.10. The molecule has 0 aliphatic carbocycles. The second-order valence-corrected chi connectivity index (χ2v) is 3.58. The van der Waals surface area contributed by atoms with E-state index in [9.17, 15) is 0 Å². The van der Waals surface area contributed by atoms with Crippen LogP contribution in [0.4, 0.5) is 0 Å². The van der Waals surface area contributed by atoms with Gasteiger partial charge >= 0.3 is 0 Å². The van der Waals surface area contributed by atoms with Crippen LogP contribution in [0.3, 0.4) is 0 Å². The molecule has 1 unspecified atom stereocenters. The molecule has 0 spiro atoms. The second-order valence-electron chi connectivity index (χ2n) is 3.58. The Kier molecular flexibility index (Phi) is 5.38. The van der Waals surface area contributed by atoms with Gasteiger partial charge in [-0.05, 0) is 20.0 Å². The highest BCUT2D eigenvalue weighted by molar-refractivity contribution is 5.42. The van der Waals surface area contributed by atoms with Crippen molar-refractivity contribution in [1.82, 2.24) is 5.32 Å². The van der Waals surface area contributed by atoms with E-state index in [0.717, 1.165) is 23.5 Å². The van der Waals surface area contributed by atoms with Crippen LogP contribution in [0.2, 0.25) is 0 Å². The van der Waals surface area contributed by atoms with Crippen molar-refractivity contribution in [3.63, 3.8) is 0 Å². The van der Waals surface area contributed by atoms with Gasteiger partial charge in [-0.15, -0.1) is 11.8 Å². The highest BCUT2D eigenvalue weighted by Crippen LogP contribution is 2.30. The van der Waals surface area contributed by atoms with E-state index in [2.05, 4.69) is 17.2 Å². The zero-order valence-electron chi connectivity index (χ0n) is 10.8. The zero-order valence-corrected chi connectivity index (χ0v) is 10.8. The van der Waals surface area contributed by atoms with Gasteiger partial charge in [-0.2, -0.15) is 0 Å². The third-order valence-electron chi connectivity index (χ3n) is 2.65. The highest BCUT2D eigenvalue weighted by atomic mass is 16.5. The first-order chi connectivity index (χ1) is 8.26. The van der Waals surface area contributed by atoms with Gasteiger partial charge in [-0.25, -0.2) is 0 Å². The van der Waals surface area contributed by atoms with Gasteiger partial charge in [0.15, 0.2) is 0 Å². The summed E-state index contributed by atoms with van der Waals surface area (Å²) in [6.45, 7) is 1.85. The molecule has 0 amide bonds. The van der Waals surface area contributed by atoms with Gasteiger partial charge in [0.25, 0.3) is 0 Å². The van der Waals surface area contributed by atoms with E-state index in [1.165, 1.54) is 0 Å². The maximum atomic E-state index is 5.38. The molecule has 1 atom stereocenters. The molecule has 3 heteroatoms. The van der Waals surface area contributed by atoms with Crippen LogP contribution in [-0.4, -0.2) is 21.3 Å². The van der Waals surface area contributed by atoms with Crippen molar-refractivity contribution in [2.24, 2.45) is 0 Å². The topological polar surface area (TPSA) is 30.5 Å². The van der Waals surface area contributed by atoms with E-state index in [-0.39, 0.29) is 6.04 Å². The average molecular weight is 233 g/mol. The average Bonchev–Trinajstić information content (AvgIpc) is 2.39. The fourth-order valence-corrected chi connectivity index (χ4v) is 1.68. The Morgan fingerprint density at radius 2 is 2.06 bits per heavy atom. The number of nitrogens with one attached hydrogen (secondary N) is 1. The van der Waals surface area contributed by atoms with Crippen molar-refractivity contribution in [2.45, 2.75) is 19.4 Å². The Morgan fingerprint density at radius 1 is 1.29 bits per heavy atom.